The maximum atomic E-state index is 13.1. The van der Waals surface area contributed by atoms with Crippen LogP contribution in [0.2, 0.25) is 0 Å². The van der Waals surface area contributed by atoms with Crippen molar-refractivity contribution in [1.82, 2.24) is 9.80 Å². The number of likely N-dealkylation sites (tertiary alicyclic amines) is 2. The molecule has 0 spiro atoms. The maximum Gasteiger partial charge on any atom is 0.239 e. The van der Waals surface area contributed by atoms with Crippen LogP contribution in [0.1, 0.15) is 44.9 Å². The van der Waals surface area contributed by atoms with Crippen LogP contribution in [0.4, 0.5) is 5.69 Å². The third kappa shape index (κ3) is 5.02. The fraction of sp³-hybridized carbons (Fsp3) is 0.652. The minimum atomic E-state index is -0.504. The average molecular weight is 462 g/mol. The van der Waals surface area contributed by atoms with Gasteiger partial charge in [0.1, 0.15) is 5.92 Å². The second-order valence-electron chi connectivity index (χ2n) is 8.79. The standard InChI is InChI=1S/C23H32BrN3O2/c24-19-6-5-7-20(16-19)27-15-10-21(23(27)29)22(28)26-13-8-18(9-14-26)17-25-11-3-1-2-4-12-25/h5-7,16,18,21H,1-4,8-15,17H2. The number of carbonyl (C=O) groups excluding carboxylic acids is 2. The molecule has 0 aliphatic carbocycles. The van der Waals surface area contributed by atoms with Crippen molar-refractivity contribution >= 4 is 33.4 Å². The largest absolute Gasteiger partial charge is 0.342 e. The van der Waals surface area contributed by atoms with Gasteiger partial charge in [0.2, 0.25) is 11.8 Å². The van der Waals surface area contributed by atoms with Crippen LogP contribution in [0.5, 0.6) is 0 Å². The van der Waals surface area contributed by atoms with Crippen LogP contribution in [-0.4, -0.2) is 60.9 Å². The molecule has 0 aromatic heterocycles. The SMILES string of the molecule is O=C(C1CCN(c2cccc(Br)c2)C1=O)N1CCC(CN2CCCCCC2)CC1. The van der Waals surface area contributed by atoms with E-state index in [1.807, 2.05) is 29.2 Å². The Hall–Kier alpha value is -1.40. The van der Waals surface area contributed by atoms with E-state index in [4.69, 9.17) is 0 Å². The Bertz CT molecular complexity index is 725. The van der Waals surface area contributed by atoms with Crippen molar-refractivity contribution in [1.29, 1.82) is 0 Å². The summed E-state index contributed by atoms with van der Waals surface area (Å²) in [6, 6.07) is 7.75. The van der Waals surface area contributed by atoms with E-state index in [0.29, 0.717) is 18.9 Å². The van der Waals surface area contributed by atoms with E-state index in [9.17, 15) is 9.59 Å². The zero-order chi connectivity index (χ0) is 20.2. The van der Waals surface area contributed by atoms with Crippen LogP contribution in [0.25, 0.3) is 0 Å². The van der Waals surface area contributed by atoms with Crippen LogP contribution in [0.15, 0.2) is 28.7 Å². The van der Waals surface area contributed by atoms with E-state index in [0.717, 1.165) is 36.1 Å². The predicted octanol–water partition coefficient (Wildman–Crippen LogP) is 3.92. The van der Waals surface area contributed by atoms with E-state index in [1.54, 1.807) is 4.90 Å². The number of halogens is 1. The van der Waals surface area contributed by atoms with E-state index < -0.39 is 5.92 Å². The van der Waals surface area contributed by atoms with Crippen molar-refractivity contribution < 1.29 is 9.59 Å². The summed E-state index contributed by atoms with van der Waals surface area (Å²) >= 11 is 3.46. The molecular weight excluding hydrogens is 430 g/mol. The minimum absolute atomic E-state index is 0.0419. The molecule has 3 heterocycles. The summed E-state index contributed by atoms with van der Waals surface area (Å²) in [6.07, 6.45) is 8.16. The second kappa shape index (κ2) is 9.61. The predicted molar refractivity (Wildman–Crippen MR) is 119 cm³/mol. The fourth-order valence-corrected chi connectivity index (χ4v) is 5.44. The van der Waals surface area contributed by atoms with Gasteiger partial charge in [-0.1, -0.05) is 34.8 Å². The summed E-state index contributed by atoms with van der Waals surface area (Å²) in [7, 11) is 0. The Morgan fingerprint density at radius 2 is 1.69 bits per heavy atom. The van der Waals surface area contributed by atoms with E-state index in [-0.39, 0.29) is 11.8 Å². The van der Waals surface area contributed by atoms with Gasteiger partial charge in [0.05, 0.1) is 0 Å². The number of hydrogen-bond donors (Lipinski definition) is 0. The van der Waals surface area contributed by atoms with Crippen molar-refractivity contribution in [3.8, 4) is 0 Å². The van der Waals surface area contributed by atoms with E-state index in [1.165, 1.54) is 45.3 Å². The molecule has 0 radical (unpaired) electrons. The Morgan fingerprint density at radius 3 is 2.38 bits per heavy atom. The lowest BCUT2D eigenvalue weighted by Crippen LogP contribution is -2.45. The van der Waals surface area contributed by atoms with Crippen molar-refractivity contribution in [2.45, 2.75) is 44.9 Å². The van der Waals surface area contributed by atoms with Crippen molar-refractivity contribution in [3.63, 3.8) is 0 Å². The molecule has 0 saturated carbocycles. The van der Waals surface area contributed by atoms with Gasteiger partial charge in [0.25, 0.3) is 0 Å². The lowest BCUT2D eigenvalue weighted by atomic mass is 9.94. The molecule has 29 heavy (non-hydrogen) atoms. The Kier molecular flexibility index (Phi) is 6.91. The highest BCUT2D eigenvalue weighted by molar-refractivity contribution is 9.10. The van der Waals surface area contributed by atoms with Crippen LogP contribution in [0.3, 0.4) is 0 Å². The van der Waals surface area contributed by atoms with Gasteiger partial charge in [-0.3, -0.25) is 9.59 Å². The van der Waals surface area contributed by atoms with Gasteiger partial charge in [-0.15, -0.1) is 0 Å². The van der Waals surface area contributed by atoms with Gasteiger partial charge in [0.15, 0.2) is 0 Å². The normalized spacial score (nSPS) is 24.7. The highest BCUT2D eigenvalue weighted by atomic mass is 79.9. The van der Waals surface area contributed by atoms with Gasteiger partial charge in [-0.05, 0) is 69.3 Å². The molecule has 6 heteroatoms. The number of nitrogens with zero attached hydrogens (tertiary/aromatic N) is 3. The smallest absolute Gasteiger partial charge is 0.239 e. The summed E-state index contributed by atoms with van der Waals surface area (Å²) in [6.45, 7) is 5.89. The summed E-state index contributed by atoms with van der Waals surface area (Å²) in [5, 5.41) is 0. The molecule has 3 saturated heterocycles. The van der Waals surface area contributed by atoms with Crippen molar-refractivity contribution in [3.05, 3.63) is 28.7 Å². The molecule has 3 aliphatic rings. The average Bonchev–Trinajstić information content (AvgIpc) is 2.93. The first kappa shape index (κ1) is 20.9. The Morgan fingerprint density at radius 1 is 0.966 bits per heavy atom. The summed E-state index contributed by atoms with van der Waals surface area (Å²) in [5.41, 5.74) is 0.871. The molecule has 1 aromatic carbocycles. The maximum absolute atomic E-state index is 13.1. The molecule has 0 bridgehead atoms. The van der Waals surface area contributed by atoms with Crippen LogP contribution in [-0.2, 0) is 9.59 Å². The summed E-state index contributed by atoms with van der Waals surface area (Å²) < 4.78 is 0.948. The monoisotopic (exact) mass is 461 g/mol. The molecule has 0 N–H and O–H groups in total. The molecule has 1 aromatic rings. The molecule has 3 fully saturated rings. The minimum Gasteiger partial charge on any atom is -0.342 e. The van der Waals surface area contributed by atoms with Gasteiger partial charge in [-0.2, -0.15) is 0 Å². The van der Waals surface area contributed by atoms with E-state index in [2.05, 4.69) is 20.8 Å². The first-order valence-electron chi connectivity index (χ1n) is 11.2. The summed E-state index contributed by atoms with van der Waals surface area (Å²) in [4.78, 5) is 32.3. The zero-order valence-electron chi connectivity index (χ0n) is 17.2. The number of carbonyl (C=O) groups is 2. The first-order chi connectivity index (χ1) is 14.1. The number of benzene rings is 1. The number of amides is 2. The molecular formula is C23H32BrN3O2. The number of rotatable bonds is 4. The fourth-order valence-electron chi connectivity index (χ4n) is 5.05. The number of hydrogen-bond acceptors (Lipinski definition) is 3. The van der Waals surface area contributed by atoms with Crippen LogP contribution < -0.4 is 4.90 Å². The molecule has 4 rings (SSSR count). The molecule has 1 unspecified atom stereocenters. The highest BCUT2D eigenvalue weighted by Gasteiger charge is 2.40. The molecule has 158 valence electrons. The molecule has 3 aliphatic heterocycles. The van der Waals surface area contributed by atoms with Crippen LogP contribution in [0, 0.1) is 11.8 Å². The van der Waals surface area contributed by atoms with Crippen LogP contribution >= 0.6 is 15.9 Å². The third-order valence-electron chi connectivity index (χ3n) is 6.76. The Labute approximate surface area is 182 Å². The number of anilines is 1. The van der Waals surface area contributed by atoms with Gasteiger partial charge >= 0.3 is 0 Å². The summed E-state index contributed by atoms with van der Waals surface area (Å²) in [5.74, 6) is 0.186. The quantitative estimate of drug-likeness (QED) is 0.638. The van der Waals surface area contributed by atoms with E-state index >= 15 is 0 Å². The molecule has 5 nitrogen and oxygen atoms in total. The second-order valence-corrected chi connectivity index (χ2v) is 9.71. The highest BCUT2D eigenvalue weighted by Crippen LogP contribution is 2.30. The van der Waals surface area contributed by atoms with Gasteiger partial charge in [-0.25, -0.2) is 0 Å². The van der Waals surface area contributed by atoms with Crippen molar-refractivity contribution in [2.24, 2.45) is 11.8 Å². The molecule has 2 amide bonds. The lowest BCUT2D eigenvalue weighted by molar-refractivity contribution is -0.141. The Balaban J connectivity index is 1.29. The van der Waals surface area contributed by atoms with Gasteiger partial charge in [0, 0.05) is 36.3 Å². The van der Waals surface area contributed by atoms with Crippen molar-refractivity contribution in [2.75, 3.05) is 44.2 Å². The topological polar surface area (TPSA) is 43.9 Å². The first-order valence-corrected chi connectivity index (χ1v) is 12.0. The third-order valence-corrected chi connectivity index (χ3v) is 7.26. The lowest BCUT2D eigenvalue weighted by Gasteiger charge is -2.35. The molecule has 1 atom stereocenters. The number of piperidine rings is 1. The zero-order valence-corrected chi connectivity index (χ0v) is 18.8. The van der Waals surface area contributed by atoms with Gasteiger partial charge < -0.3 is 14.7 Å².